The fourth-order valence-corrected chi connectivity index (χ4v) is 2.12. The maximum absolute atomic E-state index is 13.3. The van der Waals surface area contributed by atoms with Crippen molar-refractivity contribution in [2.24, 2.45) is 0 Å². The third-order valence-electron chi connectivity index (χ3n) is 3.20. The van der Waals surface area contributed by atoms with E-state index < -0.39 is 0 Å². The van der Waals surface area contributed by atoms with Crippen LogP contribution in [0, 0.1) is 5.82 Å². The molecule has 0 spiro atoms. The van der Waals surface area contributed by atoms with Crippen LogP contribution in [0.2, 0.25) is 0 Å². The van der Waals surface area contributed by atoms with Gasteiger partial charge in [-0.05, 0) is 25.6 Å². The lowest BCUT2D eigenvalue weighted by Gasteiger charge is -2.26. The molecule has 1 aromatic rings. The van der Waals surface area contributed by atoms with Crippen molar-refractivity contribution in [3.63, 3.8) is 0 Å². The number of benzene rings is 1. The van der Waals surface area contributed by atoms with E-state index in [1.54, 1.807) is 6.07 Å². The molecule has 1 aromatic carbocycles. The molecule has 100 valence electrons. The molecule has 0 radical (unpaired) electrons. The van der Waals surface area contributed by atoms with E-state index in [2.05, 4.69) is 10.2 Å². The third-order valence-corrected chi connectivity index (χ3v) is 3.20. The third kappa shape index (κ3) is 4.37. The van der Waals surface area contributed by atoms with E-state index in [9.17, 15) is 4.39 Å². The van der Waals surface area contributed by atoms with Crippen LogP contribution >= 0.6 is 0 Å². The molecule has 1 saturated heterocycles. The Morgan fingerprint density at radius 1 is 1.22 bits per heavy atom. The summed E-state index contributed by atoms with van der Waals surface area (Å²) in [6, 6.07) is 6.92. The van der Waals surface area contributed by atoms with E-state index in [-0.39, 0.29) is 5.82 Å². The lowest BCUT2D eigenvalue weighted by atomic mass is 10.2. The van der Waals surface area contributed by atoms with Crippen molar-refractivity contribution in [2.45, 2.75) is 13.0 Å². The van der Waals surface area contributed by atoms with Gasteiger partial charge in [-0.2, -0.15) is 0 Å². The SMILES string of the molecule is Fc1ccccc1CNCCCN1CCOCC1. The molecular weight excluding hydrogens is 231 g/mol. The van der Waals surface area contributed by atoms with Gasteiger partial charge in [-0.15, -0.1) is 0 Å². The first-order chi connectivity index (χ1) is 8.86. The van der Waals surface area contributed by atoms with Gasteiger partial charge < -0.3 is 10.1 Å². The van der Waals surface area contributed by atoms with Crippen LogP contribution in [0.1, 0.15) is 12.0 Å². The lowest BCUT2D eigenvalue weighted by molar-refractivity contribution is 0.0374. The summed E-state index contributed by atoms with van der Waals surface area (Å²) in [5.41, 5.74) is 0.740. The smallest absolute Gasteiger partial charge is 0.127 e. The minimum Gasteiger partial charge on any atom is -0.379 e. The van der Waals surface area contributed by atoms with Crippen molar-refractivity contribution in [2.75, 3.05) is 39.4 Å². The largest absolute Gasteiger partial charge is 0.379 e. The van der Waals surface area contributed by atoms with Gasteiger partial charge in [-0.25, -0.2) is 4.39 Å². The van der Waals surface area contributed by atoms with Crippen LogP contribution in [0.3, 0.4) is 0 Å². The zero-order chi connectivity index (χ0) is 12.6. The van der Waals surface area contributed by atoms with Crippen LogP contribution in [-0.2, 0) is 11.3 Å². The van der Waals surface area contributed by atoms with E-state index in [0.717, 1.165) is 51.4 Å². The first-order valence-electron chi connectivity index (χ1n) is 6.60. The molecule has 0 amide bonds. The molecule has 3 nitrogen and oxygen atoms in total. The number of ether oxygens (including phenoxy) is 1. The molecule has 0 saturated carbocycles. The van der Waals surface area contributed by atoms with Gasteiger partial charge in [0.2, 0.25) is 0 Å². The Morgan fingerprint density at radius 2 is 2.00 bits per heavy atom. The molecule has 1 heterocycles. The topological polar surface area (TPSA) is 24.5 Å². The van der Waals surface area contributed by atoms with Gasteiger partial charge in [0.1, 0.15) is 5.82 Å². The van der Waals surface area contributed by atoms with Crippen LogP contribution in [0.15, 0.2) is 24.3 Å². The van der Waals surface area contributed by atoms with Gasteiger partial charge in [0.25, 0.3) is 0 Å². The van der Waals surface area contributed by atoms with E-state index in [0.29, 0.717) is 6.54 Å². The molecule has 1 aliphatic heterocycles. The van der Waals surface area contributed by atoms with Crippen LogP contribution in [0.5, 0.6) is 0 Å². The van der Waals surface area contributed by atoms with Crippen molar-refractivity contribution in [1.82, 2.24) is 10.2 Å². The summed E-state index contributed by atoms with van der Waals surface area (Å²) in [5.74, 6) is -0.127. The molecule has 0 bridgehead atoms. The highest BCUT2D eigenvalue weighted by atomic mass is 19.1. The van der Waals surface area contributed by atoms with Gasteiger partial charge >= 0.3 is 0 Å². The molecule has 0 aliphatic carbocycles. The number of nitrogens with zero attached hydrogens (tertiary/aromatic N) is 1. The van der Waals surface area contributed by atoms with Gasteiger partial charge in [0.05, 0.1) is 13.2 Å². The minimum atomic E-state index is -0.127. The summed E-state index contributed by atoms with van der Waals surface area (Å²) in [5, 5.41) is 3.28. The highest BCUT2D eigenvalue weighted by molar-refractivity contribution is 5.16. The monoisotopic (exact) mass is 252 g/mol. The molecule has 1 fully saturated rings. The normalized spacial score (nSPS) is 16.9. The number of nitrogens with one attached hydrogen (secondary N) is 1. The predicted octanol–water partition coefficient (Wildman–Crippen LogP) is 1.64. The second kappa shape index (κ2) is 7.46. The zero-order valence-corrected chi connectivity index (χ0v) is 10.7. The average molecular weight is 252 g/mol. The molecule has 1 N–H and O–H groups in total. The van der Waals surface area contributed by atoms with Crippen molar-refractivity contribution >= 4 is 0 Å². The van der Waals surface area contributed by atoms with E-state index >= 15 is 0 Å². The maximum atomic E-state index is 13.3. The first kappa shape index (κ1) is 13.5. The van der Waals surface area contributed by atoms with Gasteiger partial charge in [-0.3, -0.25) is 4.90 Å². The first-order valence-corrected chi connectivity index (χ1v) is 6.60. The molecule has 18 heavy (non-hydrogen) atoms. The summed E-state index contributed by atoms with van der Waals surface area (Å²) in [6.07, 6.45) is 1.09. The van der Waals surface area contributed by atoms with Gasteiger partial charge in [0.15, 0.2) is 0 Å². The lowest BCUT2D eigenvalue weighted by Crippen LogP contribution is -2.37. The van der Waals surface area contributed by atoms with Crippen LogP contribution in [0.25, 0.3) is 0 Å². The molecule has 4 heteroatoms. The maximum Gasteiger partial charge on any atom is 0.127 e. The van der Waals surface area contributed by atoms with E-state index in [1.165, 1.54) is 6.07 Å². The summed E-state index contributed by atoms with van der Waals surface area (Å²) in [6.45, 7) is 6.39. The Bertz CT molecular complexity index is 353. The summed E-state index contributed by atoms with van der Waals surface area (Å²) < 4.78 is 18.6. The van der Waals surface area contributed by atoms with Crippen molar-refractivity contribution in [1.29, 1.82) is 0 Å². The molecule has 2 rings (SSSR count). The van der Waals surface area contributed by atoms with Crippen molar-refractivity contribution < 1.29 is 9.13 Å². The molecule has 0 aromatic heterocycles. The quantitative estimate of drug-likeness (QED) is 0.779. The molecule has 0 atom stereocenters. The second-order valence-corrected chi connectivity index (χ2v) is 4.58. The number of rotatable bonds is 6. The second-order valence-electron chi connectivity index (χ2n) is 4.58. The predicted molar refractivity (Wildman–Crippen MR) is 70.0 cm³/mol. The van der Waals surface area contributed by atoms with Gasteiger partial charge in [0, 0.05) is 25.2 Å². The summed E-state index contributed by atoms with van der Waals surface area (Å²) in [4.78, 5) is 2.41. The molecular formula is C14H21FN2O. The number of halogens is 1. The Balaban J connectivity index is 1.57. The van der Waals surface area contributed by atoms with Crippen molar-refractivity contribution in [3.05, 3.63) is 35.6 Å². The zero-order valence-electron chi connectivity index (χ0n) is 10.7. The summed E-state index contributed by atoms with van der Waals surface area (Å²) in [7, 11) is 0. The minimum absolute atomic E-state index is 0.127. The van der Waals surface area contributed by atoms with Gasteiger partial charge in [-0.1, -0.05) is 18.2 Å². The standard InChI is InChI=1S/C14H21FN2O/c15-14-5-2-1-4-13(14)12-16-6-3-7-17-8-10-18-11-9-17/h1-2,4-5,16H,3,6-12H2. The van der Waals surface area contributed by atoms with E-state index in [4.69, 9.17) is 4.74 Å². The molecule has 1 aliphatic rings. The fourth-order valence-electron chi connectivity index (χ4n) is 2.12. The van der Waals surface area contributed by atoms with Crippen LogP contribution in [0.4, 0.5) is 4.39 Å². The van der Waals surface area contributed by atoms with E-state index in [1.807, 2.05) is 12.1 Å². The van der Waals surface area contributed by atoms with Crippen molar-refractivity contribution in [3.8, 4) is 0 Å². The highest BCUT2D eigenvalue weighted by Gasteiger charge is 2.08. The summed E-state index contributed by atoms with van der Waals surface area (Å²) >= 11 is 0. The Hall–Kier alpha value is -0.970. The average Bonchev–Trinajstić information content (AvgIpc) is 2.42. The fraction of sp³-hybridized carbons (Fsp3) is 0.571. The Kier molecular flexibility index (Phi) is 5.58. The number of hydrogen-bond donors (Lipinski definition) is 1. The number of hydrogen-bond acceptors (Lipinski definition) is 3. The van der Waals surface area contributed by atoms with Crippen LogP contribution in [-0.4, -0.2) is 44.3 Å². The Labute approximate surface area is 108 Å². The highest BCUT2D eigenvalue weighted by Crippen LogP contribution is 2.05. The van der Waals surface area contributed by atoms with Crippen LogP contribution < -0.4 is 5.32 Å². The number of morpholine rings is 1. The Morgan fingerprint density at radius 3 is 2.78 bits per heavy atom. The molecule has 0 unspecified atom stereocenters.